The van der Waals surface area contributed by atoms with Crippen molar-refractivity contribution in [3.8, 4) is 0 Å². The highest BCUT2D eigenvalue weighted by atomic mass is 16.2. The lowest BCUT2D eigenvalue weighted by atomic mass is 9.46. The lowest BCUT2D eigenvalue weighted by molar-refractivity contribution is -0.166. The van der Waals surface area contributed by atoms with E-state index in [1.807, 2.05) is 6.33 Å². The molecule has 6 rings (SSSR count). The van der Waals surface area contributed by atoms with E-state index in [-0.39, 0.29) is 11.0 Å². The van der Waals surface area contributed by atoms with Crippen LogP contribution in [-0.4, -0.2) is 63.7 Å². The molecule has 1 aromatic rings. The number of rotatable bonds is 3. The van der Waals surface area contributed by atoms with E-state index < -0.39 is 0 Å². The second kappa shape index (κ2) is 6.29. The molecule has 1 aromatic heterocycles. The van der Waals surface area contributed by atoms with Gasteiger partial charge < -0.3 is 9.80 Å². The van der Waals surface area contributed by atoms with Gasteiger partial charge in [0, 0.05) is 19.1 Å². The third-order valence-corrected chi connectivity index (χ3v) is 8.10. The fourth-order valence-corrected chi connectivity index (χ4v) is 7.32. The van der Waals surface area contributed by atoms with E-state index >= 15 is 0 Å². The SMILES string of the molecule is CN(C)[C@H]1CCCN(C(=O)C23C[C@@H]4C[C@@H](C2)CC(n2cncn2)(C4)C3)CC1. The smallest absolute Gasteiger partial charge is 0.228 e. The van der Waals surface area contributed by atoms with Gasteiger partial charge in [-0.3, -0.25) is 4.79 Å². The zero-order valence-corrected chi connectivity index (χ0v) is 16.8. The zero-order chi connectivity index (χ0) is 18.6. The number of aromatic nitrogens is 3. The zero-order valence-electron chi connectivity index (χ0n) is 16.8. The highest BCUT2D eigenvalue weighted by Crippen LogP contribution is 2.64. The number of nitrogens with zero attached hydrogens (tertiary/aromatic N) is 5. The van der Waals surface area contributed by atoms with Crippen molar-refractivity contribution in [3.63, 3.8) is 0 Å². The molecule has 6 heteroatoms. The summed E-state index contributed by atoms with van der Waals surface area (Å²) in [4.78, 5) is 22.6. The first kappa shape index (κ1) is 17.7. The molecule has 0 aromatic carbocycles. The minimum atomic E-state index is -0.145. The maximum absolute atomic E-state index is 13.9. The molecule has 3 atom stereocenters. The molecule has 5 aliphatic rings. The fraction of sp³-hybridized carbons (Fsp3) is 0.857. The number of amides is 1. The van der Waals surface area contributed by atoms with Crippen LogP contribution >= 0.6 is 0 Å². The molecule has 1 aliphatic heterocycles. The standard InChI is InChI=1S/C21H33N5O/c1-24(2)18-4-3-6-25(7-5-18)19(27)20-9-16-8-17(10-20)12-21(11-16,13-20)26-15-22-14-23-26/h14-18H,3-13H2,1-2H3/t16-,17-,18-,20?,21?/m0/s1. The van der Waals surface area contributed by atoms with E-state index in [1.54, 1.807) is 6.33 Å². The summed E-state index contributed by atoms with van der Waals surface area (Å²) >= 11 is 0. The van der Waals surface area contributed by atoms with Crippen LogP contribution < -0.4 is 0 Å². The van der Waals surface area contributed by atoms with Gasteiger partial charge in [-0.1, -0.05) is 0 Å². The molecule has 1 amide bonds. The Morgan fingerprint density at radius 3 is 2.56 bits per heavy atom. The first-order valence-electron chi connectivity index (χ1n) is 10.8. The fourth-order valence-electron chi connectivity index (χ4n) is 7.32. The summed E-state index contributed by atoms with van der Waals surface area (Å²) in [6, 6.07) is 0.612. The number of hydrogen-bond donors (Lipinski definition) is 0. The third-order valence-electron chi connectivity index (χ3n) is 8.10. The molecule has 5 fully saturated rings. The van der Waals surface area contributed by atoms with Gasteiger partial charge in [-0.2, -0.15) is 5.10 Å². The van der Waals surface area contributed by atoms with Gasteiger partial charge in [-0.25, -0.2) is 9.67 Å². The quantitative estimate of drug-likeness (QED) is 0.819. The van der Waals surface area contributed by atoms with Crippen molar-refractivity contribution < 1.29 is 4.79 Å². The number of likely N-dealkylation sites (tertiary alicyclic amines) is 1. The molecule has 2 heterocycles. The molecule has 0 N–H and O–H groups in total. The van der Waals surface area contributed by atoms with E-state index in [2.05, 4.69) is 38.7 Å². The number of carbonyl (C=O) groups excluding carboxylic acids is 1. The van der Waals surface area contributed by atoms with Gasteiger partial charge in [0.25, 0.3) is 0 Å². The lowest BCUT2D eigenvalue weighted by Crippen LogP contribution is -2.61. The van der Waals surface area contributed by atoms with Crippen LogP contribution in [0.2, 0.25) is 0 Å². The van der Waals surface area contributed by atoms with Crippen LogP contribution in [-0.2, 0) is 10.3 Å². The average molecular weight is 372 g/mol. The first-order valence-corrected chi connectivity index (χ1v) is 10.8. The summed E-state index contributed by atoms with van der Waals surface area (Å²) in [6.07, 6.45) is 13.9. The first-order chi connectivity index (χ1) is 13.0. The van der Waals surface area contributed by atoms with Crippen molar-refractivity contribution in [1.29, 1.82) is 0 Å². The molecule has 6 nitrogen and oxygen atoms in total. The second-order valence-electron chi connectivity index (χ2n) is 10.1. The molecule has 0 unspecified atom stereocenters. The average Bonchev–Trinajstić information content (AvgIpc) is 3.06. The van der Waals surface area contributed by atoms with Crippen LogP contribution in [0.1, 0.15) is 57.8 Å². The van der Waals surface area contributed by atoms with Crippen molar-refractivity contribution in [2.24, 2.45) is 17.3 Å². The molecule has 0 radical (unpaired) electrons. The summed E-state index contributed by atoms with van der Waals surface area (Å²) < 4.78 is 2.11. The summed E-state index contributed by atoms with van der Waals surface area (Å²) in [6.45, 7) is 1.87. The Kier molecular flexibility index (Phi) is 4.12. The van der Waals surface area contributed by atoms with Crippen molar-refractivity contribution in [3.05, 3.63) is 12.7 Å². The molecule has 1 saturated heterocycles. The Hall–Kier alpha value is -1.43. The van der Waals surface area contributed by atoms with E-state index in [9.17, 15) is 4.79 Å². The Morgan fingerprint density at radius 2 is 1.89 bits per heavy atom. The van der Waals surface area contributed by atoms with Crippen LogP contribution in [0.25, 0.3) is 0 Å². The molecule has 4 bridgehead atoms. The van der Waals surface area contributed by atoms with Gasteiger partial charge in [-0.05, 0) is 83.7 Å². The Labute approximate surface area is 162 Å². The molecule has 4 aliphatic carbocycles. The summed E-state index contributed by atoms with van der Waals surface area (Å²) in [5.74, 6) is 1.82. The summed E-state index contributed by atoms with van der Waals surface area (Å²) in [7, 11) is 4.34. The molecule has 148 valence electrons. The van der Waals surface area contributed by atoms with Crippen LogP contribution in [0, 0.1) is 17.3 Å². The van der Waals surface area contributed by atoms with Crippen LogP contribution in [0.15, 0.2) is 12.7 Å². The molecular formula is C21H33N5O. The van der Waals surface area contributed by atoms with Crippen molar-refractivity contribution >= 4 is 5.91 Å². The van der Waals surface area contributed by atoms with Gasteiger partial charge in [0.15, 0.2) is 0 Å². The van der Waals surface area contributed by atoms with Crippen LogP contribution in [0.4, 0.5) is 0 Å². The predicted octanol–water partition coefficient (Wildman–Crippen LogP) is 2.52. The number of hydrogen-bond acceptors (Lipinski definition) is 4. The molecule has 4 saturated carbocycles. The Balaban J connectivity index is 1.40. The Morgan fingerprint density at radius 1 is 1.11 bits per heavy atom. The van der Waals surface area contributed by atoms with Gasteiger partial charge >= 0.3 is 0 Å². The van der Waals surface area contributed by atoms with Crippen molar-refractivity contribution in [2.75, 3.05) is 27.2 Å². The van der Waals surface area contributed by atoms with Gasteiger partial charge in [0.1, 0.15) is 12.7 Å². The minimum Gasteiger partial charge on any atom is -0.342 e. The normalized spacial score (nSPS) is 41.1. The van der Waals surface area contributed by atoms with E-state index in [0.29, 0.717) is 23.8 Å². The lowest BCUT2D eigenvalue weighted by Gasteiger charge is -2.61. The van der Waals surface area contributed by atoms with E-state index in [0.717, 1.165) is 45.2 Å². The highest BCUT2D eigenvalue weighted by molar-refractivity contribution is 5.83. The van der Waals surface area contributed by atoms with Crippen molar-refractivity contribution in [1.82, 2.24) is 24.6 Å². The summed E-state index contributed by atoms with van der Waals surface area (Å²) in [5, 5.41) is 4.53. The number of carbonyl (C=O) groups is 1. The largest absolute Gasteiger partial charge is 0.342 e. The van der Waals surface area contributed by atoms with Crippen molar-refractivity contribution in [2.45, 2.75) is 69.4 Å². The van der Waals surface area contributed by atoms with Gasteiger partial charge in [0.05, 0.1) is 11.0 Å². The van der Waals surface area contributed by atoms with Crippen LogP contribution in [0.3, 0.4) is 0 Å². The maximum Gasteiger partial charge on any atom is 0.228 e. The monoisotopic (exact) mass is 371 g/mol. The highest BCUT2D eigenvalue weighted by Gasteiger charge is 2.62. The maximum atomic E-state index is 13.9. The van der Waals surface area contributed by atoms with Gasteiger partial charge in [0.2, 0.25) is 5.91 Å². The summed E-state index contributed by atoms with van der Waals surface area (Å²) in [5.41, 5.74) is -0.109. The Bertz CT molecular complexity index is 685. The van der Waals surface area contributed by atoms with Gasteiger partial charge in [-0.15, -0.1) is 0 Å². The van der Waals surface area contributed by atoms with E-state index in [1.165, 1.54) is 25.7 Å². The third kappa shape index (κ3) is 2.82. The minimum absolute atomic E-state index is 0.0360. The topological polar surface area (TPSA) is 54.3 Å². The van der Waals surface area contributed by atoms with Crippen LogP contribution in [0.5, 0.6) is 0 Å². The molecular weight excluding hydrogens is 338 g/mol. The molecule has 0 spiro atoms. The second-order valence-corrected chi connectivity index (χ2v) is 10.1. The van der Waals surface area contributed by atoms with E-state index in [4.69, 9.17) is 0 Å². The molecule has 27 heavy (non-hydrogen) atoms. The predicted molar refractivity (Wildman–Crippen MR) is 103 cm³/mol.